The molecule has 1 unspecified atom stereocenters. The van der Waals surface area contributed by atoms with Gasteiger partial charge in [-0.25, -0.2) is 0 Å². The molecule has 1 rings (SSSR count). The van der Waals surface area contributed by atoms with E-state index in [9.17, 15) is 0 Å². The lowest BCUT2D eigenvalue weighted by Crippen LogP contribution is -2.08. The Morgan fingerprint density at radius 1 is 1.50 bits per heavy atom. The van der Waals surface area contributed by atoms with Crippen molar-refractivity contribution in [3.8, 4) is 0 Å². The summed E-state index contributed by atoms with van der Waals surface area (Å²) in [6.07, 6.45) is 6.01. The maximum atomic E-state index is 8.98. The first-order chi connectivity index (χ1) is 5.68. The van der Waals surface area contributed by atoms with Crippen LogP contribution < -0.4 is 0 Å². The van der Waals surface area contributed by atoms with Crippen LogP contribution in [0.4, 0.5) is 0 Å². The van der Waals surface area contributed by atoms with Crippen LogP contribution in [0.15, 0.2) is 24.0 Å². The fraction of sp³-hybridized carbons (Fsp3) is 0.556. The molecule has 1 aliphatic carbocycles. The molecular formula is C9H14O3. The topological polar surface area (TPSA) is 60.7 Å². The zero-order chi connectivity index (χ0) is 8.97. The van der Waals surface area contributed by atoms with Crippen molar-refractivity contribution in [3.05, 3.63) is 24.0 Å². The number of aliphatic hydroxyl groups excluding tert-OH is 2. The molecule has 3 heteroatoms. The predicted octanol–water partition coefficient (Wildman–Crippen LogP) is 1.10. The van der Waals surface area contributed by atoms with Crippen molar-refractivity contribution in [1.29, 1.82) is 0 Å². The van der Waals surface area contributed by atoms with Crippen molar-refractivity contribution in [3.63, 3.8) is 0 Å². The number of hydrogen-bond donors (Lipinski definition) is 3. The van der Waals surface area contributed by atoms with Gasteiger partial charge in [0.25, 0.3) is 0 Å². The van der Waals surface area contributed by atoms with Gasteiger partial charge >= 0.3 is 0 Å². The smallest absolute Gasteiger partial charge is 0.151 e. The quantitative estimate of drug-likeness (QED) is 0.556. The monoisotopic (exact) mass is 170 g/mol. The van der Waals surface area contributed by atoms with Crippen LogP contribution in [0.25, 0.3) is 0 Å². The van der Waals surface area contributed by atoms with E-state index in [4.69, 9.17) is 15.3 Å². The molecular weight excluding hydrogens is 156 g/mol. The maximum Gasteiger partial charge on any atom is 0.151 e. The average molecular weight is 170 g/mol. The molecule has 0 amide bonds. The summed E-state index contributed by atoms with van der Waals surface area (Å²) in [6, 6.07) is 0. The summed E-state index contributed by atoms with van der Waals surface area (Å²) in [5, 5.41) is 26.2. The lowest BCUT2D eigenvalue weighted by Gasteiger charge is -2.14. The summed E-state index contributed by atoms with van der Waals surface area (Å²) in [4.78, 5) is 0. The van der Waals surface area contributed by atoms with Crippen LogP contribution in [-0.2, 0) is 0 Å². The van der Waals surface area contributed by atoms with Crippen molar-refractivity contribution in [2.24, 2.45) is 5.92 Å². The van der Waals surface area contributed by atoms with Crippen LogP contribution >= 0.6 is 0 Å². The van der Waals surface area contributed by atoms with Crippen molar-refractivity contribution in [2.75, 3.05) is 0 Å². The van der Waals surface area contributed by atoms with Gasteiger partial charge in [-0.2, -0.15) is 0 Å². The molecule has 1 aliphatic rings. The minimum absolute atomic E-state index is 0.302. The van der Waals surface area contributed by atoms with E-state index in [1.165, 1.54) is 0 Å². The molecule has 1 atom stereocenters. The molecule has 0 heterocycles. The highest BCUT2D eigenvalue weighted by atomic mass is 16.5. The van der Waals surface area contributed by atoms with E-state index < -0.39 is 6.29 Å². The highest BCUT2D eigenvalue weighted by molar-refractivity contribution is 5.16. The van der Waals surface area contributed by atoms with Gasteiger partial charge in [-0.1, -0.05) is 6.08 Å². The second-order valence-corrected chi connectivity index (χ2v) is 3.04. The van der Waals surface area contributed by atoms with Gasteiger partial charge in [0.2, 0.25) is 0 Å². The van der Waals surface area contributed by atoms with E-state index in [2.05, 4.69) is 0 Å². The number of hydrogen-bond acceptors (Lipinski definition) is 3. The van der Waals surface area contributed by atoms with Gasteiger partial charge in [0.15, 0.2) is 6.29 Å². The van der Waals surface area contributed by atoms with E-state index in [0.29, 0.717) is 18.1 Å². The van der Waals surface area contributed by atoms with E-state index >= 15 is 0 Å². The third-order valence-corrected chi connectivity index (χ3v) is 1.96. The molecule has 0 aromatic carbocycles. The van der Waals surface area contributed by atoms with Gasteiger partial charge in [-0.05, 0) is 37.3 Å². The van der Waals surface area contributed by atoms with Gasteiger partial charge in [0, 0.05) is 0 Å². The van der Waals surface area contributed by atoms with Gasteiger partial charge in [-0.3, -0.25) is 0 Å². The zero-order valence-corrected chi connectivity index (χ0v) is 6.85. The Balaban J connectivity index is 2.25. The standard InChI is InChI=1S/C9H14O3/c10-8-4-1-7(2-5-8)3-6-9(11)12/h1,4-5,7,9-12H,2-3,6H2. The van der Waals surface area contributed by atoms with Crippen molar-refractivity contribution < 1.29 is 15.3 Å². The van der Waals surface area contributed by atoms with Crippen LogP contribution in [0.1, 0.15) is 19.3 Å². The molecule has 0 spiro atoms. The summed E-state index contributed by atoms with van der Waals surface area (Å²) in [6.45, 7) is 0. The largest absolute Gasteiger partial charge is 0.508 e. The zero-order valence-electron chi connectivity index (χ0n) is 6.85. The third-order valence-electron chi connectivity index (χ3n) is 1.96. The van der Waals surface area contributed by atoms with E-state index in [1.54, 1.807) is 12.2 Å². The highest BCUT2D eigenvalue weighted by Gasteiger charge is 2.09. The molecule has 0 saturated carbocycles. The first-order valence-electron chi connectivity index (χ1n) is 4.12. The molecule has 0 radical (unpaired) electrons. The number of aliphatic hydroxyl groups is 3. The Morgan fingerprint density at radius 3 is 2.75 bits per heavy atom. The van der Waals surface area contributed by atoms with Crippen LogP contribution in [0, 0.1) is 5.92 Å². The second-order valence-electron chi connectivity index (χ2n) is 3.04. The van der Waals surface area contributed by atoms with Crippen LogP contribution in [0.3, 0.4) is 0 Å². The Hall–Kier alpha value is -0.800. The summed E-state index contributed by atoms with van der Waals surface area (Å²) >= 11 is 0. The minimum atomic E-state index is -1.21. The minimum Gasteiger partial charge on any atom is -0.508 e. The molecule has 68 valence electrons. The first-order valence-corrected chi connectivity index (χ1v) is 4.12. The average Bonchev–Trinajstić information content (AvgIpc) is 2.03. The Bertz CT molecular complexity index is 194. The number of rotatable bonds is 3. The van der Waals surface area contributed by atoms with Gasteiger partial charge in [-0.15, -0.1) is 0 Å². The molecule has 0 bridgehead atoms. The Labute approximate surface area is 71.7 Å². The maximum absolute atomic E-state index is 8.98. The van der Waals surface area contributed by atoms with Crippen LogP contribution in [0.5, 0.6) is 0 Å². The second kappa shape index (κ2) is 4.28. The molecule has 0 aliphatic heterocycles. The normalized spacial score (nSPS) is 22.9. The van der Waals surface area contributed by atoms with Gasteiger partial charge in [0.1, 0.15) is 5.76 Å². The van der Waals surface area contributed by atoms with E-state index in [0.717, 1.165) is 12.8 Å². The summed E-state index contributed by atoms with van der Waals surface area (Å²) < 4.78 is 0. The van der Waals surface area contributed by atoms with E-state index in [1.807, 2.05) is 6.08 Å². The van der Waals surface area contributed by atoms with Gasteiger partial charge in [0.05, 0.1) is 0 Å². The number of allylic oxidation sites excluding steroid dienone is 3. The molecule has 3 nitrogen and oxygen atoms in total. The molecule has 0 aromatic heterocycles. The summed E-state index contributed by atoms with van der Waals surface area (Å²) in [5.74, 6) is 0.637. The third kappa shape index (κ3) is 3.07. The van der Waals surface area contributed by atoms with Crippen molar-refractivity contribution in [2.45, 2.75) is 25.6 Å². The van der Waals surface area contributed by atoms with Crippen LogP contribution in [0.2, 0.25) is 0 Å². The Morgan fingerprint density at radius 2 is 2.25 bits per heavy atom. The van der Waals surface area contributed by atoms with E-state index in [-0.39, 0.29) is 0 Å². The SMILES string of the molecule is OC1=CCC(CCC(O)O)C=C1. The fourth-order valence-electron chi connectivity index (χ4n) is 1.23. The predicted molar refractivity (Wildman–Crippen MR) is 45.4 cm³/mol. The van der Waals surface area contributed by atoms with Crippen molar-refractivity contribution in [1.82, 2.24) is 0 Å². The summed E-state index contributed by atoms with van der Waals surface area (Å²) in [5.41, 5.74) is 0. The molecule has 0 aromatic rings. The Kier molecular flexibility index (Phi) is 3.31. The molecule has 3 N–H and O–H groups in total. The highest BCUT2D eigenvalue weighted by Crippen LogP contribution is 2.19. The summed E-state index contributed by atoms with van der Waals surface area (Å²) in [7, 11) is 0. The molecule has 0 fully saturated rings. The van der Waals surface area contributed by atoms with Gasteiger partial charge < -0.3 is 15.3 Å². The van der Waals surface area contributed by atoms with Crippen molar-refractivity contribution >= 4 is 0 Å². The fourth-order valence-corrected chi connectivity index (χ4v) is 1.23. The van der Waals surface area contributed by atoms with Crippen LogP contribution in [-0.4, -0.2) is 21.6 Å². The molecule has 12 heavy (non-hydrogen) atoms. The first kappa shape index (κ1) is 9.29. The lowest BCUT2D eigenvalue weighted by molar-refractivity contribution is -0.0479. The molecule has 0 saturated heterocycles. The lowest BCUT2D eigenvalue weighted by atomic mass is 9.95.